The number of hydrogen-bond donors (Lipinski definition) is 2. The van der Waals surface area contributed by atoms with E-state index in [1.54, 1.807) is 24.8 Å². The highest BCUT2D eigenvalue weighted by molar-refractivity contribution is 5.89. The smallest absolute Gasteiger partial charge is 0.273 e. The van der Waals surface area contributed by atoms with Gasteiger partial charge in [0, 0.05) is 47.7 Å². The maximum atomic E-state index is 6.28. The first kappa shape index (κ1) is 38.4. The molecule has 9 rings (SSSR count). The number of quaternary nitrogens is 1. The summed E-state index contributed by atoms with van der Waals surface area (Å²) in [7, 11) is 0. The second-order valence-electron chi connectivity index (χ2n) is 12.8. The van der Waals surface area contributed by atoms with Crippen molar-refractivity contribution in [1.29, 1.82) is 0 Å². The number of para-hydroxylation sites is 4. The van der Waals surface area contributed by atoms with Gasteiger partial charge in [0.05, 0.1) is 11.9 Å². The number of nitrogens with one attached hydrogen (secondary N) is 1. The number of fused-ring (bicyclic) bond motifs is 1. The fraction of sp³-hybridized carbons (Fsp3) is 0.0638. The largest absolute Gasteiger partial charge is 1.00 e. The molecule has 1 atom stereocenters. The highest BCUT2D eigenvalue weighted by Crippen LogP contribution is 2.47. The molecule has 0 aliphatic carbocycles. The van der Waals surface area contributed by atoms with Crippen LogP contribution in [0.5, 0.6) is 0 Å². The van der Waals surface area contributed by atoms with Crippen LogP contribution in [-0.2, 0) is 4.74 Å². The van der Waals surface area contributed by atoms with Crippen LogP contribution in [0, 0.1) is 0 Å². The monoisotopic (exact) mass is 768 g/mol. The quantitative estimate of drug-likeness (QED) is 0.142. The van der Waals surface area contributed by atoms with E-state index in [1.165, 1.54) is 0 Å². The summed E-state index contributed by atoms with van der Waals surface area (Å²) in [5, 5.41) is 5.48. The molecular weight excluding hydrogens is 728 g/mol. The molecule has 8 aromatic rings. The predicted molar refractivity (Wildman–Crippen MR) is 225 cm³/mol. The number of nitrogens with two attached hydrogens (primary N) is 1. The molecule has 2 aromatic heterocycles. The maximum absolute atomic E-state index is 6.28. The van der Waals surface area contributed by atoms with Gasteiger partial charge in [0.1, 0.15) is 5.69 Å². The first-order chi connectivity index (χ1) is 27.8. The van der Waals surface area contributed by atoms with Gasteiger partial charge < -0.3 is 22.5 Å². The molecule has 0 fully saturated rings. The van der Waals surface area contributed by atoms with Crippen molar-refractivity contribution in [2.45, 2.75) is 13.3 Å². The van der Waals surface area contributed by atoms with E-state index in [0.717, 1.165) is 68.3 Å². The van der Waals surface area contributed by atoms with E-state index in [2.05, 4.69) is 121 Å². The summed E-state index contributed by atoms with van der Waals surface area (Å²) in [5.41, 5.74) is 8.69. The van der Waals surface area contributed by atoms with Crippen LogP contribution in [0.2, 0.25) is 0 Å². The Bertz CT molecular complexity index is 2480. The highest BCUT2D eigenvalue weighted by atomic mass is 35.5. The minimum Gasteiger partial charge on any atom is -1.00 e. The number of ether oxygens (including phenoxy) is 1. The van der Waals surface area contributed by atoms with Crippen molar-refractivity contribution in [3.05, 3.63) is 195 Å². The molecule has 1 unspecified atom stereocenters. The molecule has 0 bridgehead atoms. The third kappa shape index (κ3) is 8.66. The normalized spacial score (nSPS) is 12.8. The number of halogens is 1. The van der Waals surface area contributed by atoms with Crippen LogP contribution in [0.25, 0.3) is 22.3 Å². The predicted octanol–water partition coefficient (Wildman–Crippen LogP) is 7.17. The van der Waals surface area contributed by atoms with Crippen molar-refractivity contribution < 1.29 is 22.5 Å². The number of aromatic nitrogens is 4. The van der Waals surface area contributed by atoms with Gasteiger partial charge in [-0.3, -0.25) is 15.1 Å². The third-order valence-corrected chi connectivity index (χ3v) is 9.25. The molecule has 0 saturated heterocycles. The highest BCUT2D eigenvalue weighted by Gasteiger charge is 2.41. The summed E-state index contributed by atoms with van der Waals surface area (Å²) in [6.45, 7) is 2.57. The van der Waals surface area contributed by atoms with E-state index in [4.69, 9.17) is 9.72 Å². The third-order valence-electron chi connectivity index (χ3n) is 9.25. The molecule has 282 valence electrons. The van der Waals surface area contributed by atoms with E-state index in [1.807, 2.05) is 91.1 Å². The number of benzene rings is 6. The van der Waals surface area contributed by atoms with Crippen molar-refractivity contribution in [3.8, 4) is 22.3 Å². The van der Waals surface area contributed by atoms with Crippen LogP contribution in [0.4, 0.5) is 46.0 Å². The van der Waals surface area contributed by atoms with Gasteiger partial charge in [-0.2, -0.15) is 4.98 Å². The SMILES string of the molecule is CCOC1N(c2ccccc2)c2nccnc2N1c1ccccc1-c1ccccc1.[Cl-].c1ccc([NH2+]c2nccnc2Nc2ccccc2-c2ccccc2)cc1. The summed E-state index contributed by atoms with van der Waals surface area (Å²) in [5.74, 6) is 3.11. The van der Waals surface area contributed by atoms with Crippen LogP contribution in [0.15, 0.2) is 195 Å². The van der Waals surface area contributed by atoms with Gasteiger partial charge >= 0.3 is 0 Å². The molecule has 1 aliphatic rings. The van der Waals surface area contributed by atoms with Crippen molar-refractivity contribution in [2.24, 2.45) is 0 Å². The van der Waals surface area contributed by atoms with E-state index in [-0.39, 0.29) is 18.8 Å². The van der Waals surface area contributed by atoms with Gasteiger partial charge in [0.15, 0.2) is 11.6 Å². The van der Waals surface area contributed by atoms with Gasteiger partial charge in [-0.1, -0.05) is 133 Å². The Morgan fingerprint density at radius 1 is 0.544 bits per heavy atom. The Kier molecular flexibility index (Phi) is 12.5. The van der Waals surface area contributed by atoms with E-state index in [0.29, 0.717) is 6.61 Å². The van der Waals surface area contributed by atoms with E-state index >= 15 is 0 Å². The van der Waals surface area contributed by atoms with Crippen molar-refractivity contribution in [1.82, 2.24) is 19.9 Å². The topological polar surface area (TPSA) is 95.9 Å². The summed E-state index contributed by atoms with van der Waals surface area (Å²) in [4.78, 5) is 22.6. The second-order valence-corrected chi connectivity index (χ2v) is 12.8. The van der Waals surface area contributed by atoms with Gasteiger partial charge in [-0.25, -0.2) is 15.0 Å². The first-order valence-corrected chi connectivity index (χ1v) is 18.6. The molecule has 6 aromatic carbocycles. The Hall–Kier alpha value is -6.91. The lowest BCUT2D eigenvalue weighted by atomic mass is 10.0. The molecule has 1 aliphatic heterocycles. The summed E-state index contributed by atoms with van der Waals surface area (Å²) >= 11 is 0. The van der Waals surface area contributed by atoms with Crippen molar-refractivity contribution in [3.63, 3.8) is 0 Å². The molecule has 0 spiro atoms. The minimum absolute atomic E-state index is 0. The average Bonchev–Trinajstić information content (AvgIpc) is 3.59. The first-order valence-electron chi connectivity index (χ1n) is 18.6. The molecule has 57 heavy (non-hydrogen) atoms. The standard InChI is InChI=1S/C25H22N4O.C22H18N4.ClH/c1-2-30-25-28(20-13-7-4-8-14-20)23-24(27-18-17-26-23)29(25)22-16-10-9-15-21(22)19-11-5-3-6-12-19;1-3-9-17(10-4-1)19-13-7-8-14-20(19)26-22-21(23-15-16-24-22)25-18-11-5-2-6-12-18;/h3-18,25H,2H2,1H3;1-16H,(H,23,25)(H,24,26);1H. The fourth-order valence-electron chi connectivity index (χ4n) is 6.75. The Labute approximate surface area is 339 Å². The molecule has 3 N–H and O–H groups in total. The van der Waals surface area contributed by atoms with Crippen molar-refractivity contribution in [2.75, 3.05) is 21.7 Å². The molecule has 0 saturated carbocycles. The van der Waals surface area contributed by atoms with Crippen LogP contribution in [0.3, 0.4) is 0 Å². The van der Waals surface area contributed by atoms with Gasteiger partial charge in [0.25, 0.3) is 5.82 Å². The second kappa shape index (κ2) is 18.6. The van der Waals surface area contributed by atoms with Crippen molar-refractivity contribution >= 4 is 46.0 Å². The molecule has 9 nitrogen and oxygen atoms in total. The van der Waals surface area contributed by atoms with Crippen LogP contribution in [-0.4, -0.2) is 32.9 Å². The zero-order valence-corrected chi connectivity index (χ0v) is 32.1. The molecular formula is C47H41ClN8O. The van der Waals surface area contributed by atoms with Crippen LogP contribution in [0.1, 0.15) is 6.92 Å². The van der Waals surface area contributed by atoms with Gasteiger partial charge in [-0.05, 0) is 54.4 Å². The molecule has 3 heterocycles. The lowest BCUT2D eigenvalue weighted by Crippen LogP contribution is -3.00. The molecule has 0 amide bonds. The summed E-state index contributed by atoms with van der Waals surface area (Å²) in [6.07, 6.45) is 6.48. The fourth-order valence-corrected chi connectivity index (χ4v) is 6.75. The Balaban J connectivity index is 0.000000173. The van der Waals surface area contributed by atoms with Crippen LogP contribution >= 0.6 is 0 Å². The average molecular weight is 769 g/mol. The van der Waals surface area contributed by atoms with E-state index in [9.17, 15) is 0 Å². The number of anilines is 6. The summed E-state index contributed by atoms with van der Waals surface area (Å²) < 4.78 is 6.28. The Morgan fingerprint density at radius 2 is 1.05 bits per heavy atom. The van der Waals surface area contributed by atoms with Crippen LogP contribution < -0.4 is 32.8 Å². The zero-order valence-electron chi connectivity index (χ0n) is 31.3. The number of nitrogens with zero attached hydrogens (tertiary/aromatic N) is 6. The maximum Gasteiger partial charge on any atom is 0.273 e. The zero-order chi connectivity index (χ0) is 37.9. The van der Waals surface area contributed by atoms with Gasteiger partial charge in [-0.15, -0.1) is 0 Å². The molecule has 10 heteroatoms. The Morgan fingerprint density at radius 3 is 1.72 bits per heavy atom. The lowest BCUT2D eigenvalue weighted by molar-refractivity contribution is -0.482. The molecule has 0 radical (unpaired) electrons. The minimum atomic E-state index is -0.389. The number of hydrogen-bond acceptors (Lipinski definition) is 8. The number of rotatable bonds is 10. The summed E-state index contributed by atoms with van der Waals surface area (Å²) in [6, 6.07) is 57.6. The lowest BCUT2D eigenvalue weighted by Gasteiger charge is -2.32. The van der Waals surface area contributed by atoms with E-state index < -0.39 is 0 Å². The van der Waals surface area contributed by atoms with Gasteiger partial charge in [0.2, 0.25) is 12.2 Å².